The van der Waals surface area contributed by atoms with Gasteiger partial charge < -0.3 is 4.90 Å². The van der Waals surface area contributed by atoms with Gasteiger partial charge in [-0.3, -0.25) is 14.9 Å². The van der Waals surface area contributed by atoms with Gasteiger partial charge in [0.1, 0.15) is 5.69 Å². The van der Waals surface area contributed by atoms with Crippen molar-refractivity contribution in [2.75, 3.05) is 0 Å². The number of hydrogen-bond donors (Lipinski definition) is 1. The maximum Gasteiger partial charge on any atom is 0.273 e. The highest BCUT2D eigenvalue weighted by Gasteiger charge is 2.43. The average molecular weight is 449 g/mol. The average Bonchev–Trinajstić information content (AvgIpc) is 3.30. The van der Waals surface area contributed by atoms with Gasteiger partial charge in [-0.1, -0.05) is 65.2 Å². The van der Waals surface area contributed by atoms with Crippen molar-refractivity contribution in [2.24, 2.45) is 0 Å². The predicted octanol–water partition coefficient (Wildman–Crippen LogP) is 5.83. The summed E-state index contributed by atoms with van der Waals surface area (Å²) in [4.78, 5) is 19.4. The summed E-state index contributed by atoms with van der Waals surface area (Å²) >= 11 is 12.8. The first-order valence-electron chi connectivity index (χ1n) is 9.83. The summed E-state index contributed by atoms with van der Waals surface area (Å²) < 4.78 is 0. The number of benzene rings is 2. The molecule has 2 aromatic heterocycles. The molecular formula is C24H18Cl2N4O. The van der Waals surface area contributed by atoms with Crippen LogP contribution in [0.3, 0.4) is 0 Å². The molecule has 1 N–H and O–H groups in total. The number of aryl methyl sites for hydroxylation is 1. The Kier molecular flexibility index (Phi) is 5.00. The van der Waals surface area contributed by atoms with E-state index in [0.29, 0.717) is 22.3 Å². The monoisotopic (exact) mass is 448 g/mol. The van der Waals surface area contributed by atoms with Crippen LogP contribution in [0.5, 0.6) is 0 Å². The number of rotatable bonds is 4. The number of nitrogens with one attached hydrogen (secondary N) is 1. The summed E-state index contributed by atoms with van der Waals surface area (Å²) in [7, 11) is 0. The lowest BCUT2D eigenvalue weighted by molar-refractivity contribution is 0.0730. The lowest BCUT2D eigenvalue weighted by Gasteiger charge is -2.27. The highest BCUT2D eigenvalue weighted by atomic mass is 35.5. The van der Waals surface area contributed by atoms with Crippen LogP contribution in [0.4, 0.5) is 0 Å². The molecule has 0 spiro atoms. The first-order valence-corrected chi connectivity index (χ1v) is 10.6. The molecule has 1 aliphatic rings. The molecule has 3 heterocycles. The molecular weight excluding hydrogens is 431 g/mol. The zero-order valence-electron chi connectivity index (χ0n) is 16.6. The lowest BCUT2D eigenvalue weighted by Crippen LogP contribution is -2.29. The van der Waals surface area contributed by atoms with E-state index >= 15 is 0 Å². The number of aromatic amines is 1. The van der Waals surface area contributed by atoms with Crippen LogP contribution in [0, 0.1) is 6.92 Å². The Balaban J connectivity index is 1.68. The Morgan fingerprint density at radius 1 is 1.10 bits per heavy atom. The second kappa shape index (κ2) is 7.84. The molecule has 0 bridgehead atoms. The third-order valence-corrected chi connectivity index (χ3v) is 6.08. The van der Waals surface area contributed by atoms with Crippen LogP contribution in [0.1, 0.15) is 38.8 Å². The summed E-state index contributed by atoms with van der Waals surface area (Å²) in [5, 5.41) is 8.52. The fourth-order valence-electron chi connectivity index (χ4n) is 4.03. The van der Waals surface area contributed by atoms with Gasteiger partial charge in [0, 0.05) is 40.1 Å². The van der Waals surface area contributed by atoms with Gasteiger partial charge in [-0.25, -0.2) is 0 Å². The Morgan fingerprint density at radius 3 is 2.61 bits per heavy atom. The van der Waals surface area contributed by atoms with E-state index in [-0.39, 0.29) is 5.91 Å². The Hall–Kier alpha value is -3.15. The SMILES string of the molecule is Cc1ccc(-c2n[nH]c3c2C(c2ccc(Cl)cc2Cl)N(Cc2cccnc2)C3=O)cc1. The van der Waals surface area contributed by atoms with Crippen molar-refractivity contribution < 1.29 is 4.79 Å². The molecule has 0 radical (unpaired) electrons. The number of amides is 1. The number of nitrogens with zero attached hydrogens (tertiary/aromatic N) is 3. The molecule has 0 aliphatic carbocycles. The molecule has 5 nitrogen and oxygen atoms in total. The molecule has 154 valence electrons. The highest BCUT2D eigenvalue weighted by Crippen LogP contribution is 2.45. The number of aromatic nitrogens is 3. The van der Waals surface area contributed by atoms with Gasteiger partial charge in [0.05, 0.1) is 11.7 Å². The largest absolute Gasteiger partial charge is 0.322 e. The van der Waals surface area contributed by atoms with Gasteiger partial charge in [0.15, 0.2) is 0 Å². The number of H-pyrrole nitrogens is 1. The third kappa shape index (κ3) is 3.50. The van der Waals surface area contributed by atoms with Gasteiger partial charge in [-0.2, -0.15) is 5.10 Å². The van der Waals surface area contributed by atoms with Crippen LogP contribution in [0.25, 0.3) is 11.3 Å². The fraction of sp³-hybridized carbons (Fsp3) is 0.125. The van der Waals surface area contributed by atoms with Crippen LogP contribution < -0.4 is 0 Å². The second-order valence-electron chi connectivity index (χ2n) is 7.59. The van der Waals surface area contributed by atoms with E-state index in [1.165, 1.54) is 0 Å². The number of hydrogen-bond acceptors (Lipinski definition) is 3. The maximum atomic E-state index is 13.4. The number of fused-ring (bicyclic) bond motifs is 1. The van der Waals surface area contributed by atoms with Crippen molar-refractivity contribution in [1.29, 1.82) is 0 Å². The van der Waals surface area contributed by atoms with Crippen molar-refractivity contribution in [2.45, 2.75) is 19.5 Å². The molecule has 1 atom stereocenters. The molecule has 1 aliphatic heterocycles. The Bertz CT molecular complexity index is 1270. The molecule has 0 saturated carbocycles. The van der Waals surface area contributed by atoms with Gasteiger partial charge in [-0.15, -0.1) is 0 Å². The van der Waals surface area contributed by atoms with E-state index in [9.17, 15) is 4.79 Å². The molecule has 1 amide bonds. The standard InChI is InChI=1S/C24H18Cl2N4O/c1-14-4-6-16(7-5-14)21-20-22(29-28-21)24(31)30(13-15-3-2-10-27-12-15)23(20)18-9-8-17(25)11-19(18)26/h2-12,23H,13H2,1H3,(H,28,29). The molecule has 0 saturated heterocycles. The molecule has 2 aromatic carbocycles. The topological polar surface area (TPSA) is 61.9 Å². The van der Waals surface area contributed by atoms with Crippen molar-refractivity contribution >= 4 is 29.1 Å². The summed E-state index contributed by atoms with van der Waals surface area (Å²) in [6.07, 6.45) is 3.48. The number of pyridine rings is 1. The summed E-state index contributed by atoms with van der Waals surface area (Å²) in [6, 6.07) is 16.9. The van der Waals surface area contributed by atoms with Gasteiger partial charge in [0.25, 0.3) is 5.91 Å². The van der Waals surface area contributed by atoms with Crippen LogP contribution in [-0.2, 0) is 6.54 Å². The molecule has 5 rings (SSSR count). The molecule has 1 unspecified atom stereocenters. The summed E-state index contributed by atoms with van der Waals surface area (Å²) in [5.41, 5.74) is 5.87. The van der Waals surface area contributed by atoms with E-state index in [2.05, 4.69) is 15.2 Å². The van der Waals surface area contributed by atoms with E-state index in [4.69, 9.17) is 23.2 Å². The zero-order valence-corrected chi connectivity index (χ0v) is 18.2. The zero-order chi connectivity index (χ0) is 21.5. The molecule has 0 fully saturated rings. The smallest absolute Gasteiger partial charge is 0.273 e. The van der Waals surface area contributed by atoms with Crippen molar-refractivity contribution in [3.8, 4) is 11.3 Å². The highest BCUT2D eigenvalue weighted by molar-refractivity contribution is 6.35. The van der Waals surface area contributed by atoms with E-state index in [0.717, 1.165) is 33.5 Å². The maximum absolute atomic E-state index is 13.4. The van der Waals surface area contributed by atoms with Crippen LogP contribution in [0.15, 0.2) is 67.0 Å². The minimum Gasteiger partial charge on any atom is -0.322 e. The van der Waals surface area contributed by atoms with Gasteiger partial charge in [-0.05, 0) is 36.2 Å². The van der Waals surface area contributed by atoms with E-state index in [1.807, 2.05) is 49.4 Å². The normalized spacial score (nSPS) is 15.4. The quantitative estimate of drug-likeness (QED) is 0.426. The fourth-order valence-corrected chi connectivity index (χ4v) is 4.54. The van der Waals surface area contributed by atoms with Crippen molar-refractivity contribution in [3.05, 3.63) is 105 Å². The second-order valence-corrected chi connectivity index (χ2v) is 8.43. The molecule has 4 aromatic rings. The van der Waals surface area contributed by atoms with Crippen molar-refractivity contribution in [3.63, 3.8) is 0 Å². The Morgan fingerprint density at radius 2 is 1.90 bits per heavy atom. The van der Waals surface area contributed by atoms with Gasteiger partial charge >= 0.3 is 0 Å². The van der Waals surface area contributed by atoms with Crippen LogP contribution in [-0.4, -0.2) is 26.0 Å². The number of carbonyl (C=O) groups is 1. The van der Waals surface area contributed by atoms with E-state index < -0.39 is 6.04 Å². The minimum atomic E-state index is -0.400. The number of carbonyl (C=O) groups excluding carboxylic acids is 1. The molecule has 31 heavy (non-hydrogen) atoms. The minimum absolute atomic E-state index is 0.124. The van der Waals surface area contributed by atoms with Crippen LogP contribution in [0.2, 0.25) is 10.0 Å². The lowest BCUT2D eigenvalue weighted by atomic mass is 9.95. The Labute approximate surface area is 189 Å². The summed E-state index contributed by atoms with van der Waals surface area (Å²) in [5.74, 6) is -0.124. The number of halogens is 2. The first kappa shape index (κ1) is 19.8. The predicted molar refractivity (Wildman–Crippen MR) is 121 cm³/mol. The third-order valence-electron chi connectivity index (χ3n) is 5.52. The summed E-state index contributed by atoms with van der Waals surface area (Å²) in [6.45, 7) is 2.43. The molecule has 7 heteroatoms. The van der Waals surface area contributed by atoms with Crippen LogP contribution >= 0.6 is 23.2 Å². The van der Waals surface area contributed by atoms with Gasteiger partial charge in [0.2, 0.25) is 0 Å². The first-order chi connectivity index (χ1) is 15.0. The van der Waals surface area contributed by atoms with Crippen molar-refractivity contribution in [1.82, 2.24) is 20.1 Å². The van der Waals surface area contributed by atoms with E-state index in [1.54, 1.807) is 29.4 Å².